The van der Waals surface area contributed by atoms with Gasteiger partial charge in [-0.15, -0.1) is 0 Å². The average molecular weight is 598 g/mol. The van der Waals surface area contributed by atoms with Crippen LogP contribution >= 0.6 is 0 Å². The molecule has 0 radical (unpaired) electrons. The van der Waals surface area contributed by atoms with E-state index in [1.807, 2.05) is 0 Å². The first-order valence-electron chi connectivity index (χ1n) is 16.0. The molecule has 0 saturated carbocycles. The zero-order valence-corrected chi connectivity index (χ0v) is 25.4. The first-order valence-corrected chi connectivity index (χ1v) is 16.0. The summed E-state index contributed by atoms with van der Waals surface area (Å²) in [4.78, 5) is 10.7. The molecule has 3 nitrogen and oxygen atoms in total. The lowest BCUT2D eigenvalue weighted by molar-refractivity contribution is 1.01. The molecular weight excluding hydrogens is 571 g/mol. The summed E-state index contributed by atoms with van der Waals surface area (Å²) in [5.41, 5.74) is 7.39. The van der Waals surface area contributed by atoms with E-state index in [4.69, 9.17) is 9.97 Å². The summed E-state index contributed by atoms with van der Waals surface area (Å²) < 4.78 is 2.24. The molecule has 0 N–H and O–H groups in total. The normalized spacial score (nSPS) is 11.8. The van der Waals surface area contributed by atoms with E-state index in [9.17, 15) is 0 Å². The van der Waals surface area contributed by atoms with Crippen LogP contribution in [0.5, 0.6) is 0 Å². The number of para-hydroxylation sites is 1. The van der Waals surface area contributed by atoms with Gasteiger partial charge in [0.1, 0.15) is 0 Å². The Morgan fingerprint density at radius 3 is 1.64 bits per heavy atom. The van der Waals surface area contributed by atoms with Crippen LogP contribution in [0.4, 0.5) is 0 Å². The molecule has 0 unspecified atom stereocenters. The highest BCUT2D eigenvalue weighted by Gasteiger charge is 2.18. The molecule has 0 fully saturated rings. The molecule has 2 aromatic heterocycles. The van der Waals surface area contributed by atoms with Crippen molar-refractivity contribution in [3.05, 3.63) is 164 Å². The van der Waals surface area contributed by atoms with Crippen molar-refractivity contribution in [3.63, 3.8) is 0 Å². The zero-order chi connectivity index (χ0) is 30.9. The third kappa shape index (κ3) is 4.14. The van der Waals surface area contributed by atoms with Crippen molar-refractivity contribution < 1.29 is 0 Å². The van der Waals surface area contributed by atoms with Crippen LogP contribution in [0.1, 0.15) is 0 Å². The predicted molar refractivity (Wildman–Crippen MR) is 197 cm³/mol. The summed E-state index contributed by atoms with van der Waals surface area (Å²) in [5.74, 6) is 0.665. The van der Waals surface area contributed by atoms with Crippen molar-refractivity contribution in [1.82, 2.24) is 14.5 Å². The Kier molecular flexibility index (Phi) is 5.57. The molecule has 0 bridgehead atoms. The van der Waals surface area contributed by atoms with Gasteiger partial charge in [0.25, 0.3) is 0 Å². The lowest BCUT2D eigenvalue weighted by Crippen LogP contribution is -2.03. The highest BCUT2D eigenvalue weighted by Crippen LogP contribution is 2.37. The van der Waals surface area contributed by atoms with Crippen LogP contribution in [0.25, 0.3) is 93.4 Å². The maximum Gasteiger partial charge on any atom is 0.235 e. The molecule has 0 aliphatic rings. The van der Waals surface area contributed by atoms with Gasteiger partial charge in [-0.05, 0) is 85.9 Å². The number of benzene rings is 8. The Morgan fingerprint density at radius 2 is 0.894 bits per heavy atom. The summed E-state index contributed by atoms with van der Waals surface area (Å²) in [7, 11) is 0. The van der Waals surface area contributed by atoms with Crippen molar-refractivity contribution in [3.8, 4) is 28.3 Å². The Balaban J connectivity index is 1.28. The topological polar surface area (TPSA) is 30.7 Å². The first kappa shape index (κ1) is 26.0. The number of hydrogen-bond donors (Lipinski definition) is 0. The standard InChI is InChI=1S/C44H27N3/c1-3-11-30-23-34(19-17-28(30)9-1)35-21-22-38-40(26-35)45-44(46-43(38)36-20-18-29-10-2-4-12-31(29)24-36)47-41-16-8-7-15-37(41)39-25-32-13-5-6-14-33(32)27-42(39)47/h1-27H. The third-order valence-corrected chi connectivity index (χ3v) is 9.53. The Labute approximate surface area is 271 Å². The molecule has 0 spiro atoms. The van der Waals surface area contributed by atoms with Crippen molar-refractivity contribution in [1.29, 1.82) is 0 Å². The molecule has 0 aliphatic carbocycles. The monoisotopic (exact) mass is 597 g/mol. The minimum atomic E-state index is 0.665. The van der Waals surface area contributed by atoms with E-state index in [1.165, 1.54) is 48.7 Å². The Hall–Kier alpha value is -6.32. The van der Waals surface area contributed by atoms with Crippen molar-refractivity contribution in [2.75, 3.05) is 0 Å². The molecule has 10 rings (SSSR count). The zero-order valence-electron chi connectivity index (χ0n) is 25.4. The minimum Gasteiger partial charge on any atom is -0.278 e. The first-order chi connectivity index (χ1) is 23.3. The van der Waals surface area contributed by atoms with Gasteiger partial charge in [0, 0.05) is 21.7 Å². The third-order valence-electron chi connectivity index (χ3n) is 9.53. The lowest BCUT2D eigenvalue weighted by Gasteiger charge is -2.14. The smallest absolute Gasteiger partial charge is 0.235 e. The summed E-state index contributed by atoms with van der Waals surface area (Å²) in [6.45, 7) is 0. The van der Waals surface area contributed by atoms with Crippen LogP contribution in [0.15, 0.2) is 164 Å². The van der Waals surface area contributed by atoms with E-state index in [1.54, 1.807) is 0 Å². The molecule has 47 heavy (non-hydrogen) atoms. The molecule has 218 valence electrons. The highest BCUT2D eigenvalue weighted by atomic mass is 15.2. The van der Waals surface area contributed by atoms with Crippen molar-refractivity contribution in [2.45, 2.75) is 0 Å². The predicted octanol–water partition coefficient (Wildman–Crippen LogP) is 11.5. The van der Waals surface area contributed by atoms with Crippen LogP contribution in [-0.4, -0.2) is 14.5 Å². The van der Waals surface area contributed by atoms with E-state index in [-0.39, 0.29) is 0 Å². The van der Waals surface area contributed by atoms with Gasteiger partial charge >= 0.3 is 0 Å². The van der Waals surface area contributed by atoms with Crippen molar-refractivity contribution >= 4 is 65.0 Å². The molecular formula is C44H27N3. The SMILES string of the molecule is c1ccc2cc(-c3ccc4c(-c5ccc6ccccc6c5)nc(-n5c6ccccc6c6cc7ccccc7cc65)nc4c3)ccc2c1. The van der Waals surface area contributed by atoms with Crippen LogP contribution in [0.2, 0.25) is 0 Å². The fourth-order valence-corrected chi connectivity index (χ4v) is 7.19. The lowest BCUT2D eigenvalue weighted by atomic mass is 9.98. The number of hydrogen-bond acceptors (Lipinski definition) is 2. The van der Waals surface area contributed by atoms with Gasteiger partial charge in [-0.1, -0.05) is 121 Å². The van der Waals surface area contributed by atoms with Crippen LogP contribution in [-0.2, 0) is 0 Å². The van der Waals surface area contributed by atoms with Gasteiger partial charge in [-0.3, -0.25) is 4.57 Å². The van der Waals surface area contributed by atoms with Crippen molar-refractivity contribution in [2.24, 2.45) is 0 Å². The van der Waals surface area contributed by atoms with Gasteiger partial charge in [0.05, 0.1) is 22.2 Å². The molecule has 0 saturated heterocycles. The van der Waals surface area contributed by atoms with E-state index >= 15 is 0 Å². The second kappa shape index (κ2) is 10.1. The largest absolute Gasteiger partial charge is 0.278 e. The summed E-state index contributed by atoms with van der Waals surface area (Å²) in [5, 5.41) is 10.7. The molecule has 0 amide bonds. The molecule has 10 aromatic rings. The minimum absolute atomic E-state index is 0.665. The van der Waals surface area contributed by atoms with E-state index in [2.05, 4.69) is 168 Å². The van der Waals surface area contributed by atoms with Gasteiger partial charge < -0.3 is 0 Å². The molecule has 8 aromatic carbocycles. The number of nitrogens with zero attached hydrogens (tertiary/aromatic N) is 3. The quantitative estimate of drug-likeness (QED) is 0.203. The molecule has 2 heterocycles. The fraction of sp³-hybridized carbons (Fsp3) is 0. The second-order valence-corrected chi connectivity index (χ2v) is 12.3. The van der Waals surface area contributed by atoms with E-state index in [0.29, 0.717) is 5.95 Å². The van der Waals surface area contributed by atoms with Gasteiger partial charge in [0.15, 0.2) is 0 Å². The molecule has 0 aliphatic heterocycles. The maximum absolute atomic E-state index is 5.40. The molecule has 3 heteroatoms. The van der Waals surface area contributed by atoms with E-state index < -0.39 is 0 Å². The van der Waals surface area contributed by atoms with Crippen LogP contribution in [0, 0.1) is 0 Å². The maximum atomic E-state index is 5.40. The number of aromatic nitrogens is 3. The number of rotatable bonds is 3. The average Bonchev–Trinajstić information content (AvgIpc) is 3.45. The summed E-state index contributed by atoms with van der Waals surface area (Å²) in [6, 6.07) is 58.6. The Bertz CT molecular complexity index is 2860. The summed E-state index contributed by atoms with van der Waals surface area (Å²) in [6.07, 6.45) is 0. The highest BCUT2D eigenvalue weighted by molar-refractivity contribution is 6.13. The van der Waals surface area contributed by atoms with Crippen LogP contribution in [0.3, 0.4) is 0 Å². The Morgan fingerprint density at radius 1 is 0.340 bits per heavy atom. The molecule has 0 atom stereocenters. The van der Waals surface area contributed by atoms with Gasteiger partial charge in [0.2, 0.25) is 5.95 Å². The van der Waals surface area contributed by atoms with Gasteiger partial charge in [-0.2, -0.15) is 0 Å². The van der Waals surface area contributed by atoms with Gasteiger partial charge in [-0.25, -0.2) is 9.97 Å². The summed E-state index contributed by atoms with van der Waals surface area (Å²) >= 11 is 0. The van der Waals surface area contributed by atoms with Crippen LogP contribution < -0.4 is 0 Å². The number of fused-ring (bicyclic) bond motifs is 7. The second-order valence-electron chi connectivity index (χ2n) is 12.3. The fourth-order valence-electron chi connectivity index (χ4n) is 7.19. The van der Waals surface area contributed by atoms with E-state index in [0.717, 1.165) is 38.8 Å².